The van der Waals surface area contributed by atoms with E-state index in [1.807, 2.05) is 6.92 Å². The van der Waals surface area contributed by atoms with Crippen LogP contribution in [0.25, 0.3) is 0 Å². The molecule has 2 aromatic rings. The number of hydrogen-bond donors (Lipinski definition) is 2. The smallest absolute Gasteiger partial charge is 0.263 e. The summed E-state index contributed by atoms with van der Waals surface area (Å²) in [6.07, 6.45) is 1.07. The zero-order valence-electron chi connectivity index (χ0n) is 15.6. The van der Waals surface area contributed by atoms with E-state index in [1.165, 1.54) is 23.5 Å². The predicted octanol–water partition coefficient (Wildman–Crippen LogP) is 1.56. The average molecular weight is 426 g/mol. The van der Waals surface area contributed by atoms with Crippen LogP contribution >= 0.6 is 11.3 Å². The number of rotatable bonds is 8. The summed E-state index contributed by atoms with van der Waals surface area (Å²) in [5.74, 6) is -0.110. The molecule has 1 amide bonds. The molecule has 2 heterocycles. The summed E-state index contributed by atoms with van der Waals surface area (Å²) in [6.45, 7) is 5.66. The molecule has 1 aromatic carbocycles. The fraction of sp³-hybridized carbons (Fsp3) is 0.471. The summed E-state index contributed by atoms with van der Waals surface area (Å²) in [7, 11) is -3.75. The molecule has 9 nitrogen and oxygen atoms in total. The minimum Gasteiger partial charge on any atom is -0.379 e. The number of nitrogens with zero attached hydrogens (tertiary/aromatic N) is 3. The van der Waals surface area contributed by atoms with Gasteiger partial charge in [-0.05, 0) is 30.7 Å². The van der Waals surface area contributed by atoms with Crippen LogP contribution in [-0.2, 0) is 26.0 Å². The number of sulfonamides is 1. The summed E-state index contributed by atoms with van der Waals surface area (Å²) >= 11 is 1.20. The van der Waals surface area contributed by atoms with E-state index < -0.39 is 10.0 Å². The lowest BCUT2D eigenvalue weighted by Gasteiger charge is -2.26. The van der Waals surface area contributed by atoms with Gasteiger partial charge in [-0.3, -0.25) is 14.4 Å². The van der Waals surface area contributed by atoms with E-state index in [9.17, 15) is 13.2 Å². The van der Waals surface area contributed by atoms with Crippen molar-refractivity contribution in [3.05, 3.63) is 29.3 Å². The highest BCUT2D eigenvalue weighted by atomic mass is 32.2. The highest BCUT2D eigenvalue weighted by molar-refractivity contribution is 7.93. The first kappa shape index (κ1) is 20.6. The Kier molecular flexibility index (Phi) is 6.94. The van der Waals surface area contributed by atoms with Gasteiger partial charge < -0.3 is 10.1 Å². The summed E-state index contributed by atoms with van der Waals surface area (Å²) in [5, 5.41) is 11.5. The van der Waals surface area contributed by atoms with Crippen LogP contribution in [-0.4, -0.2) is 62.3 Å². The lowest BCUT2D eigenvalue weighted by atomic mass is 10.3. The van der Waals surface area contributed by atoms with Gasteiger partial charge in [0.05, 0.1) is 18.1 Å². The number of carbonyl (C=O) groups is 1. The Bertz CT molecular complexity index is 893. The van der Waals surface area contributed by atoms with Gasteiger partial charge in [-0.2, -0.15) is 0 Å². The van der Waals surface area contributed by atoms with Crippen LogP contribution in [0.5, 0.6) is 0 Å². The minimum absolute atomic E-state index is 0.0899. The molecule has 1 aliphatic heterocycles. The highest BCUT2D eigenvalue weighted by Gasteiger charge is 2.17. The maximum Gasteiger partial charge on any atom is 0.263 e. The number of nitrogens with one attached hydrogen (secondary N) is 2. The van der Waals surface area contributed by atoms with Gasteiger partial charge in [0.1, 0.15) is 5.01 Å². The molecule has 1 aromatic heterocycles. The number of morpholine rings is 1. The number of aryl methyl sites for hydroxylation is 1. The van der Waals surface area contributed by atoms with E-state index >= 15 is 0 Å². The fourth-order valence-corrected chi connectivity index (χ4v) is 4.55. The molecule has 2 N–H and O–H groups in total. The van der Waals surface area contributed by atoms with Crippen molar-refractivity contribution in [3.63, 3.8) is 0 Å². The van der Waals surface area contributed by atoms with Gasteiger partial charge in [0, 0.05) is 31.7 Å². The Morgan fingerprint density at radius 1 is 1.21 bits per heavy atom. The third-order valence-electron chi connectivity index (χ3n) is 4.20. The zero-order valence-corrected chi connectivity index (χ0v) is 17.2. The number of aromatic nitrogens is 2. The van der Waals surface area contributed by atoms with Crippen molar-refractivity contribution in [3.8, 4) is 0 Å². The number of hydrogen-bond acceptors (Lipinski definition) is 8. The lowest BCUT2D eigenvalue weighted by Crippen LogP contribution is -2.38. The molecule has 152 valence electrons. The molecule has 0 bridgehead atoms. The van der Waals surface area contributed by atoms with Crippen molar-refractivity contribution in [2.45, 2.75) is 24.7 Å². The molecule has 3 rings (SSSR count). The molecule has 11 heteroatoms. The van der Waals surface area contributed by atoms with Crippen molar-refractivity contribution in [1.82, 2.24) is 15.1 Å². The second-order valence-corrected chi connectivity index (χ2v) is 8.98. The van der Waals surface area contributed by atoms with Crippen LogP contribution in [0.2, 0.25) is 0 Å². The third-order valence-corrected chi connectivity index (χ3v) is 6.67. The largest absolute Gasteiger partial charge is 0.379 e. The maximum absolute atomic E-state index is 12.4. The first-order valence-corrected chi connectivity index (χ1v) is 11.3. The molecule has 28 heavy (non-hydrogen) atoms. The van der Waals surface area contributed by atoms with Crippen molar-refractivity contribution in [2.24, 2.45) is 0 Å². The van der Waals surface area contributed by atoms with Gasteiger partial charge in [0.15, 0.2) is 0 Å². The summed E-state index contributed by atoms with van der Waals surface area (Å²) in [4.78, 5) is 14.4. The molecule has 0 aliphatic carbocycles. The van der Waals surface area contributed by atoms with E-state index in [-0.39, 0.29) is 15.9 Å². The lowest BCUT2D eigenvalue weighted by molar-refractivity contribution is -0.116. The molecule has 0 radical (unpaired) electrons. The normalized spacial score (nSPS) is 15.3. The second-order valence-electron chi connectivity index (χ2n) is 6.24. The zero-order chi connectivity index (χ0) is 20.0. The number of ether oxygens (including phenoxy) is 1. The van der Waals surface area contributed by atoms with Crippen molar-refractivity contribution in [1.29, 1.82) is 0 Å². The van der Waals surface area contributed by atoms with Gasteiger partial charge in [0.2, 0.25) is 11.0 Å². The molecular formula is C17H23N5O4S2. The SMILES string of the molecule is CCc1nnc(NS(=O)(=O)c2ccc(NC(=O)CCN3CCOCC3)cc2)s1. The Hall–Kier alpha value is -2.08. The van der Waals surface area contributed by atoms with Crippen molar-refractivity contribution >= 4 is 38.1 Å². The van der Waals surface area contributed by atoms with Gasteiger partial charge in [-0.25, -0.2) is 8.42 Å². The average Bonchev–Trinajstić information content (AvgIpc) is 3.14. The van der Waals surface area contributed by atoms with E-state index in [2.05, 4.69) is 25.1 Å². The van der Waals surface area contributed by atoms with Crippen LogP contribution in [0.3, 0.4) is 0 Å². The molecule has 1 fully saturated rings. The topological polar surface area (TPSA) is 114 Å². The minimum atomic E-state index is -3.75. The maximum atomic E-state index is 12.4. The van der Waals surface area contributed by atoms with Gasteiger partial charge >= 0.3 is 0 Å². The second kappa shape index (κ2) is 9.41. The highest BCUT2D eigenvalue weighted by Crippen LogP contribution is 2.21. The van der Waals surface area contributed by atoms with Crippen LogP contribution < -0.4 is 10.0 Å². The van der Waals surface area contributed by atoms with Crippen LogP contribution in [0.4, 0.5) is 10.8 Å². The molecular weight excluding hydrogens is 402 g/mol. The molecule has 0 spiro atoms. The summed E-state index contributed by atoms with van der Waals surface area (Å²) in [6, 6.07) is 6.03. The van der Waals surface area contributed by atoms with Gasteiger partial charge in [-0.1, -0.05) is 18.3 Å². The van der Waals surface area contributed by atoms with E-state index in [1.54, 1.807) is 12.1 Å². The predicted molar refractivity (Wildman–Crippen MR) is 107 cm³/mol. The molecule has 0 unspecified atom stereocenters. The first-order chi connectivity index (χ1) is 13.5. The van der Waals surface area contributed by atoms with Gasteiger partial charge in [-0.15, -0.1) is 10.2 Å². The van der Waals surface area contributed by atoms with Crippen LogP contribution in [0, 0.1) is 0 Å². The molecule has 1 saturated heterocycles. The number of benzene rings is 1. The quantitative estimate of drug-likeness (QED) is 0.660. The summed E-state index contributed by atoms with van der Waals surface area (Å²) < 4.78 is 32.6. The first-order valence-electron chi connectivity index (χ1n) is 9.01. The van der Waals surface area contributed by atoms with E-state index in [0.29, 0.717) is 38.3 Å². The summed E-state index contributed by atoms with van der Waals surface area (Å²) in [5.41, 5.74) is 0.551. The number of amides is 1. The number of anilines is 2. The number of carbonyl (C=O) groups excluding carboxylic acids is 1. The Morgan fingerprint density at radius 2 is 1.93 bits per heavy atom. The molecule has 0 saturated carbocycles. The molecule has 1 aliphatic rings. The van der Waals surface area contributed by atoms with Crippen LogP contribution in [0.1, 0.15) is 18.4 Å². The van der Waals surface area contributed by atoms with Crippen LogP contribution in [0.15, 0.2) is 29.2 Å². The Morgan fingerprint density at radius 3 is 2.57 bits per heavy atom. The molecule has 0 atom stereocenters. The van der Waals surface area contributed by atoms with Crippen molar-refractivity contribution in [2.75, 3.05) is 42.9 Å². The van der Waals surface area contributed by atoms with E-state index in [4.69, 9.17) is 4.74 Å². The van der Waals surface area contributed by atoms with E-state index in [0.717, 1.165) is 18.1 Å². The Balaban J connectivity index is 1.53. The Labute approximate surface area is 168 Å². The third kappa shape index (κ3) is 5.71. The standard InChI is InChI=1S/C17H23N5O4S2/c1-2-16-19-20-17(27-16)21-28(24,25)14-5-3-13(4-6-14)18-15(23)7-8-22-9-11-26-12-10-22/h3-6H,2,7-12H2,1H3,(H,18,23)(H,20,21). The monoisotopic (exact) mass is 425 g/mol. The van der Waals surface area contributed by atoms with Gasteiger partial charge in [0.25, 0.3) is 10.0 Å². The van der Waals surface area contributed by atoms with Crippen molar-refractivity contribution < 1.29 is 17.9 Å². The fourth-order valence-electron chi connectivity index (χ4n) is 2.64.